The van der Waals surface area contributed by atoms with E-state index < -0.39 is 11.6 Å². The summed E-state index contributed by atoms with van der Waals surface area (Å²) in [5.74, 6) is -1.18. The highest BCUT2D eigenvalue weighted by molar-refractivity contribution is 5.95. The molecule has 0 aromatic heterocycles. The first kappa shape index (κ1) is 19.8. The van der Waals surface area contributed by atoms with Gasteiger partial charge in [-0.2, -0.15) is 0 Å². The van der Waals surface area contributed by atoms with Gasteiger partial charge in [0.15, 0.2) is 0 Å². The molecule has 1 aliphatic heterocycles. The van der Waals surface area contributed by atoms with Crippen molar-refractivity contribution in [3.05, 3.63) is 29.8 Å². The molecule has 7 nitrogen and oxygen atoms in total. The summed E-state index contributed by atoms with van der Waals surface area (Å²) in [6, 6.07) is 6.27. The van der Waals surface area contributed by atoms with Crippen LogP contribution in [0.4, 0.5) is 10.5 Å². The van der Waals surface area contributed by atoms with Gasteiger partial charge in [-0.05, 0) is 51.8 Å². The van der Waals surface area contributed by atoms with E-state index in [1.54, 1.807) is 21.9 Å². The lowest BCUT2D eigenvalue weighted by Gasteiger charge is -2.38. The highest BCUT2D eigenvalue weighted by atomic mass is 16.6. The molecule has 0 aliphatic carbocycles. The molecule has 142 valence electrons. The summed E-state index contributed by atoms with van der Waals surface area (Å²) in [5, 5.41) is 9.17. The highest BCUT2D eigenvalue weighted by Crippen LogP contribution is 2.26. The number of carbonyl (C=O) groups is 3. The third kappa shape index (κ3) is 4.97. The average Bonchev–Trinajstić information content (AvgIpc) is 2.54. The Kier molecular flexibility index (Phi) is 5.90. The van der Waals surface area contributed by atoms with E-state index in [4.69, 9.17) is 9.84 Å². The first-order valence-electron chi connectivity index (χ1n) is 8.69. The second kappa shape index (κ2) is 7.76. The number of nitrogens with zero attached hydrogens (tertiary/aromatic N) is 2. The number of anilines is 1. The van der Waals surface area contributed by atoms with Gasteiger partial charge in [0, 0.05) is 31.7 Å². The normalized spacial score (nSPS) is 15.5. The molecule has 1 fully saturated rings. The fourth-order valence-electron chi connectivity index (χ4n) is 3.07. The Morgan fingerprint density at radius 3 is 2.31 bits per heavy atom. The molecule has 0 bridgehead atoms. The van der Waals surface area contributed by atoms with Crippen molar-refractivity contribution >= 4 is 23.7 Å². The van der Waals surface area contributed by atoms with Gasteiger partial charge in [0.2, 0.25) is 5.91 Å². The van der Waals surface area contributed by atoms with Crippen molar-refractivity contribution in [2.75, 3.05) is 18.0 Å². The summed E-state index contributed by atoms with van der Waals surface area (Å²) in [5.41, 5.74) is 0.157. The van der Waals surface area contributed by atoms with Crippen molar-refractivity contribution in [1.82, 2.24) is 4.90 Å². The van der Waals surface area contributed by atoms with E-state index in [0.29, 0.717) is 31.6 Å². The zero-order valence-electron chi connectivity index (χ0n) is 15.7. The Bertz CT molecular complexity index is 687. The van der Waals surface area contributed by atoms with E-state index in [0.717, 1.165) is 0 Å². The predicted octanol–water partition coefficient (Wildman–Crippen LogP) is 3.14. The van der Waals surface area contributed by atoms with Crippen LogP contribution in [0.1, 0.15) is 50.9 Å². The van der Waals surface area contributed by atoms with Crippen molar-refractivity contribution in [2.24, 2.45) is 0 Å². The molecule has 0 radical (unpaired) electrons. The minimum absolute atomic E-state index is 0.0877. The zero-order chi connectivity index (χ0) is 19.5. The molecule has 26 heavy (non-hydrogen) atoms. The van der Waals surface area contributed by atoms with Crippen molar-refractivity contribution < 1.29 is 24.2 Å². The Labute approximate surface area is 153 Å². The summed E-state index contributed by atoms with van der Waals surface area (Å²) in [6.07, 6.45) is 0.866. The topological polar surface area (TPSA) is 87.2 Å². The lowest BCUT2D eigenvalue weighted by molar-refractivity contribution is -0.117. The summed E-state index contributed by atoms with van der Waals surface area (Å²) in [4.78, 5) is 38.8. The van der Waals surface area contributed by atoms with Crippen molar-refractivity contribution in [3.8, 4) is 0 Å². The minimum Gasteiger partial charge on any atom is -0.478 e. The Balaban J connectivity index is 2.09. The molecule has 1 aliphatic rings. The molecule has 0 unspecified atom stereocenters. The van der Waals surface area contributed by atoms with Gasteiger partial charge in [0.1, 0.15) is 5.60 Å². The van der Waals surface area contributed by atoms with Crippen LogP contribution < -0.4 is 4.90 Å². The maximum atomic E-state index is 12.2. The SMILES string of the molecule is CC(=O)N(c1cccc(C(=O)O)c1)C1CCN(C(=O)OC(C)(C)C)CC1. The number of rotatable bonds is 3. The van der Waals surface area contributed by atoms with Crippen LogP contribution in [0.25, 0.3) is 0 Å². The maximum Gasteiger partial charge on any atom is 0.410 e. The summed E-state index contributed by atoms with van der Waals surface area (Å²) in [6.45, 7) is 7.91. The number of carbonyl (C=O) groups excluding carboxylic acids is 2. The predicted molar refractivity (Wildman–Crippen MR) is 97.4 cm³/mol. The van der Waals surface area contributed by atoms with E-state index in [9.17, 15) is 14.4 Å². The van der Waals surface area contributed by atoms with E-state index in [1.165, 1.54) is 19.1 Å². The summed E-state index contributed by atoms with van der Waals surface area (Å²) >= 11 is 0. The third-order valence-electron chi connectivity index (χ3n) is 4.19. The largest absolute Gasteiger partial charge is 0.478 e. The lowest BCUT2D eigenvalue weighted by Crippen LogP contribution is -2.49. The van der Waals surface area contributed by atoms with Gasteiger partial charge in [-0.3, -0.25) is 4.79 Å². The number of benzene rings is 1. The van der Waals surface area contributed by atoms with Crippen LogP contribution in [0.3, 0.4) is 0 Å². The second-order valence-corrected chi connectivity index (χ2v) is 7.44. The van der Waals surface area contributed by atoms with Crippen LogP contribution in [0, 0.1) is 0 Å². The third-order valence-corrected chi connectivity index (χ3v) is 4.19. The maximum absolute atomic E-state index is 12.2. The molecule has 1 saturated heterocycles. The fourth-order valence-corrected chi connectivity index (χ4v) is 3.07. The molecule has 0 atom stereocenters. The Morgan fingerprint density at radius 2 is 1.81 bits per heavy atom. The number of hydrogen-bond acceptors (Lipinski definition) is 4. The van der Waals surface area contributed by atoms with Crippen LogP contribution >= 0.6 is 0 Å². The molecule has 1 heterocycles. The van der Waals surface area contributed by atoms with Gasteiger partial charge >= 0.3 is 12.1 Å². The molecule has 1 aromatic carbocycles. The first-order chi connectivity index (χ1) is 12.1. The van der Waals surface area contributed by atoms with Crippen LogP contribution in [-0.4, -0.2) is 52.7 Å². The first-order valence-corrected chi connectivity index (χ1v) is 8.69. The quantitative estimate of drug-likeness (QED) is 0.892. The molecule has 7 heteroatoms. The van der Waals surface area contributed by atoms with Crippen LogP contribution in [0.2, 0.25) is 0 Å². The molecule has 2 rings (SSSR count). The number of amides is 2. The van der Waals surface area contributed by atoms with E-state index >= 15 is 0 Å². The van der Waals surface area contributed by atoms with Crippen molar-refractivity contribution in [3.63, 3.8) is 0 Å². The van der Waals surface area contributed by atoms with Gasteiger partial charge in [-0.1, -0.05) is 6.07 Å². The zero-order valence-corrected chi connectivity index (χ0v) is 15.7. The molecule has 1 N–H and O–H groups in total. The lowest BCUT2D eigenvalue weighted by atomic mass is 10.0. The highest BCUT2D eigenvalue weighted by Gasteiger charge is 2.31. The monoisotopic (exact) mass is 362 g/mol. The number of hydrogen-bond donors (Lipinski definition) is 1. The fraction of sp³-hybridized carbons (Fsp3) is 0.526. The molecular weight excluding hydrogens is 336 g/mol. The average molecular weight is 362 g/mol. The summed E-state index contributed by atoms with van der Waals surface area (Å²) in [7, 11) is 0. The number of carboxylic acids is 1. The van der Waals surface area contributed by atoms with Crippen LogP contribution in [0.5, 0.6) is 0 Å². The number of ether oxygens (including phenoxy) is 1. The standard InChI is InChI=1S/C19H26N2O5/c1-13(22)21(16-7-5-6-14(12-16)17(23)24)15-8-10-20(11-9-15)18(25)26-19(2,3)4/h5-7,12,15H,8-11H2,1-4H3,(H,23,24). The van der Waals surface area contributed by atoms with E-state index in [-0.39, 0.29) is 23.6 Å². The van der Waals surface area contributed by atoms with Gasteiger partial charge in [0.05, 0.1) is 5.56 Å². The van der Waals surface area contributed by atoms with Crippen LogP contribution in [0.15, 0.2) is 24.3 Å². The molecule has 1 aromatic rings. The molecule has 2 amide bonds. The number of piperidine rings is 1. The van der Waals surface area contributed by atoms with Gasteiger partial charge in [-0.25, -0.2) is 9.59 Å². The molecule has 0 spiro atoms. The number of likely N-dealkylation sites (tertiary alicyclic amines) is 1. The van der Waals surface area contributed by atoms with E-state index in [1.807, 2.05) is 20.8 Å². The van der Waals surface area contributed by atoms with Gasteiger partial charge < -0.3 is 19.6 Å². The van der Waals surface area contributed by atoms with Crippen molar-refractivity contribution in [2.45, 2.75) is 52.2 Å². The van der Waals surface area contributed by atoms with Crippen LogP contribution in [-0.2, 0) is 9.53 Å². The van der Waals surface area contributed by atoms with E-state index in [2.05, 4.69) is 0 Å². The van der Waals surface area contributed by atoms with Gasteiger partial charge in [-0.15, -0.1) is 0 Å². The Morgan fingerprint density at radius 1 is 1.19 bits per heavy atom. The smallest absolute Gasteiger partial charge is 0.410 e. The minimum atomic E-state index is -1.03. The summed E-state index contributed by atoms with van der Waals surface area (Å²) < 4.78 is 5.39. The number of carboxylic acid groups (broad SMARTS) is 1. The molecular formula is C19H26N2O5. The number of aromatic carboxylic acids is 1. The second-order valence-electron chi connectivity index (χ2n) is 7.44. The van der Waals surface area contributed by atoms with Crippen molar-refractivity contribution in [1.29, 1.82) is 0 Å². The van der Waals surface area contributed by atoms with Gasteiger partial charge in [0.25, 0.3) is 0 Å². The molecule has 0 saturated carbocycles. The Hall–Kier alpha value is -2.57.